The fraction of sp³-hybridized carbons (Fsp3) is 0.642. The van der Waals surface area contributed by atoms with Crippen molar-refractivity contribution < 1.29 is 28.6 Å². The third kappa shape index (κ3) is 45.3. The molecule has 0 aromatic carbocycles. The monoisotopic (exact) mass is 819 g/mol. The summed E-state index contributed by atoms with van der Waals surface area (Å²) in [6.07, 6.45) is 61.0. The summed E-state index contributed by atoms with van der Waals surface area (Å²) in [7, 11) is 0. The Balaban J connectivity index is 4.47. The number of esters is 3. The van der Waals surface area contributed by atoms with Gasteiger partial charge in [-0.2, -0.15) is 0 Å². The van der Waals surface area contributed by atoms with Crippen LogP contribution in [0.25, 0.3) is 0 Å². The Kier molecular flexibility index (Phi) is 44.1. The van der Waals surface area contributed by atoms with Gasteiger partial charge in [-0.15, -0.1) is 0 Å². The maximum atomic E-state index is 12.8. The van der Waals surface area contributed by atoms with E-state index in [1.165, 1.54) is 25.7 Å². The van der Waals surface area contributed by atoms with E-state index in [1.54, 1.807) is 0 Å². The molecule has 0 aliphatic carbocycles. The Labute approximate surface area is 362 Å². The van der Waals surface area contributed by atoms with Crippen LogP contribution in [0.15, 0.2) is 97.2 Å². The van der Waals surface area contributed by atoms with Crippen LogP contribution in [0.3, 0.4) is 0 Å². The molecule has 6 heteroatoms. The minimum absolute atomic E-state index is 0.0977. The molecule has 0 aromatic heterocycles. The lowest BCUT2D eigenvalue weighted by molar-refractivity contribution is -0.167. The first-order valence-electron chi connectivity index (χ1n) is 23.8. The van der Waals surface area contributed by atoms with Gasteiger partial charge in [0.25, 0.3) is 0 Å². The van der Waals surface area contributed by atoms with Crippen LogP contribution in [0, 0.1) is 0 Å². The quantitative estimate of drug-likeness (QED) is 0.0201. The van der Waals surface area contributed by atoms with Gasteiger partial charge in [-0.3, -0.25) is 14.4 Å². The zero-order chi connectivity index (χ0) is 43.0. The summed E-state index contributed by atoms with van der Waals surface area (Å²) in [5.74, 6) is -0.951. The fourth-order valence-electron chi connectivity index (χ4n) is 6.17. The summed E-state index contributed by atoms with van der Waals surface area (Å²) in [5.41, 5.74) is 0. The average Bonchev–Trinajstić information content (AvgIpc) is 3.23. The number of hydrogen-bond acceptors (Lipinski definition) is 6. The van der Waals surface area contributed by atoms with Gasteiger partial charge in [0.1, 0.15) is 13.2 Å². The van der Waals surface area contributed by atoms with Crippen LogP contribution in [0.1, 0.15) is 201 Å². The molecule has 0 bridgehead atoms. The van der Waals surface area contributed by atoms with Crippen LogP contribution in [0.5, 0.6) is 0 Å². The second kappa shape index (κ2) is 47.0. The molecule has 0 rings (SSSR count). The predicted octanol–water partition coefficient (Wildman–Crippen LogP) is 15.4. The molecule has 0 spiro atoms. The second-order valence-electron chi connectivity index (χ2n) is 15.3. The maximum Gasteiger partial charge on any atom is 0.306 e. The van der Waals surface area contributed by atoms with Gasteiger partial charge < -0.3 is 14.2 Å². The van der Waals surface area contributed by atoms with Crippen LogP contribution in [0.2, 0.25) is 0 Å². The van der Waals surface area contributed by atoms with E-state index in [-0.39, 0.29) is 31.1 Å². The largest absolute Gasteiger partial charge is 0.462 e. The Bertz CT molecular complexity index is 1220. The van der Waals surface area contributed by atoms with E-state index < -0.39 is 6.10 Å². The molecular formula is C53H86O6. The summed E-state index contributed by atoms with van der Waals surface area (Å²) in [5, 5.41) is 0. The normalized spacial score (nSPS) is 12.9. The van der Waals surface area contributed by atoms with Gasteiger partial charge in [0.15, 0.2) is 6.10 Å². The van der Waals surface area contributed by atoms with Crippen molar-refractivity contribution >= 4 is 17.9 Å². The first kappa shape index (κ1) is 55.3. The third-order valence-electron chi connectivity index (χ3n) is 9.66. The highest BCUT2D eigenvalue weighted by molar-refractivity contribution is 5.71. The summed E-state index contributed by atoms with van der Waals surface area (Å²) in [4.78, 5) is 37.9. The van der Waals surface area contributed by atoms with Crippen LogP contribution < -0.4 is 0 Å². The zero-order valence-corrected chi connectivity index (χ0v) is 38.0. The SMILES string of the molecule is CC\C=C/C=C\C=C/C=C\CCCCCCCC(=O)OCC(COC(=O)CCCCCCC/C=C\C/C=C\CC)OC(=O)CCCCCCCCC/C=C\C/C=C\CC. The van der Waals surface area contributed by atoms with Crippen molar-refractivity contribution in [2.24, 2.45) is 0 Å². The van der Waals surface area contributed by atoms with E-state index >= 15 is 0 Å². The number of carbonyl (C=O) groups is 3. The van der Waals surface area contributed by atoms with Crippen LogP contribution >= 0.6 is 0 Å². The van der Waals surface area contributed by atoms with Gasteiger partial charge in [0.2, 0.25) is 0 Å². The Hall–Kier alpha value is -3.67. The molecule has 1 unspecified atom stereocenters. The molecule has 0 aliphatic rings. The smallest absolute Gasteiger partial charge is 0.306 e. The number of unbranched alkanes of at least 4 members (excludes halogenated alkanes) is 17. The minimum atomic E-state index is -0.797. The highest BCUT2D eigenvalue weighted by atomic mass is 16.6. The van der Waals surface area contributed by atoms with Crippen LogP contribution in [-0.2, 0) is 28.6 Å². The molecule has 0 saturated carbocycles. The van der Waals surface area contributed by atoms with Crippen molar-refractivity contribution in [2.75, 3.05) is 13.2 Å². The molecule has 0 radical (unpaired) electrons. The summed E-state index contributed by atoms with van der Waals surface area (Å²) >= 11 is 0. The number of rotatable bonds is 41. The molecule has 0 aliphatic heterocycles. The van der Waals surface area contributed by atoms with Gasteiger partial charge in [0.05, 0.1) is 0 Å². The lowest BCUT2D eigenvalue weighted by Gasteiger charge is -2.18. The second-order valence-corrected chi connectivity index (χ2v) is 15.3. The zero-order valence-electron chi connectivity index (χ0n) is 38.0. The first-order valence-corrected chi connectivity index (χ1v) is 23.8. The first-order chi connectivity index (χ1) is 29.0. The molecular weight excluding hydrogens is 733 g/mol. The van der Waals surface area contributed by atoms with Crippen molar-refractivity contribution in [3.05, 3.63) is 97.2 Å². The van der Waals surface area contributed by atoms with E-state index in [1.807, 2.05) is 24.3 Å². The van der Waals surface area contributed by atoms with E-state index in [2.05, 4.69) is 93.7 Å². The topological polar surface area (TPSA) is 78.9 Å². The van der Waals surface area contributed by atoms with Gasteiger partial charge in [-0.05, 0) is 89.9 Å². The molecule has 334 valence electrons. The van der Waals surface area contributed by atoms with Crippen LogP contribution in [0.4, 0.5) is 0 Å². The molecule has 0 aromatic rings. The molecule has 0 saturated heterocycles. The molecule has 59 heavy (non-hydrogen) atoms. The Morgan fingerprint density at radius 2 is 0.695 bits per heavy atom. The van der Waals surface area contributed by atoms with Gasteiger partial charge in [-0.1, -0.05) is 189 Å². The summed E-state index contributed by atoms with van der Waals surface area (Å²) in [6.45, 7) is 6.22. The summed E-state index contributed by atoms with van der Waals surface area (Å²) < 4.78 is 16.7. The van der Waals surface area contributed by atoms with Gasteiger partial charge in [-0.25, -0.2) is 0 Å². The number of carbonyl (C=O) groups excluding carboxylic acids is 3. The molecule has 0 heterocycles. The van der Waals surface area contributed by atoms with Crippen molar-refractivity contribution in [1.82, 2.24) is 0 Å². The fourth-order valence-corrected chi connectivity index (χ4v) is 6.17. The van der Waals surface area contributed by atoms with Crippen molar-refractivity contribution in [2.45, 2.75) is 207 Å². The molecule has 0 amide bonds. The van der Waals surface area contributed by atoms with E-state index in [0.717, 1.165) is 135 Å². The summed E-state index contributed by atoms with van der Waals surface area (Å²) in [6, 6.07) is 0. The number of allylic oxidation sites excluding steroid dienone is 16. The lowest BCUT2D eigenvalue weighted by atomic mass is 10.1. The number of ether oxygens (including phenoxy) is 3. The third-order valence-corrected chi connectivity index (χ3v) is 9.66. The van der Waals surface area contributed by atoms with E-state index in [0.29, 0.717) is 19.3 Å². The van der Waals surface area contributed by atoms with Crippen molar-refractivity contribution in [3.63, 3.8) is 0 Å². The van der Waals surface area contributed by atoms with Crippen molar-refractivity contribution in [1.29, 1.82) is 0 Å². The predicted molar refractivity (Wildman–Crippen MR) is 251 cm³/mol. The van der Waals surface area contributed by atoms with Gasteiger partial charge in [0, 0.05) is 19.3 Å². The highest BCUT2D eigenvalue weighted by Gasteiger charge is 2.19. The van der Waals surface area contributed by atoms with Gasteiger partial charge >= 0.3 is 17.9 Å². The Morgan fingerprint density at radius 3 is 1.14 bits per heavy atom. The molecule has 0 fully saturated rings. The molecule has 0 N–H and O–H groups in total. The van der Waals surface area contributed by atoms with E-state index in [9.17, 15) is 14.4 Å². The molecule has 1 atom stereocenters. The number of hydrogen-bond donors (Lipinski definition) is 0. The van der Waals surface area contributed by atoms with E-state index in [4.69, 9.17) is 14.2 Å². The van der Waals surface area contributed by atoms with Crippen molar-refractivity contribution in [3.8, 4) is 0 Å². The highest BCUT2D eigenvalue weighted by Crippen LogP contribution is 2.13. The maximum absolute atomic E-state index is 12.8. The van der Waals surface area contributed by atoms with Crippen LogP contribution in [-0.4, -0.2) is 37.2 Å². The standard InChI is InChI=1S/C53H86O6/c1-4-7-10-13-16-19-22-25-27-29-31-34-37-40-43-46-52(55)58-49-50(48-57-51(54)45-42-39-36-33-30-24-21-18-15-12-9-6-3)59-53(56)47-44-41-38-35-32-28-26-23-20-17-14-11-8-5-2/h7-13,16-22,25,27,50H,4-6,14-15,23-24,26,28-49H2,1-3H3/b10-7-,11-8-,12-9-,16-13-,20-17-,21-18-,22-19-,27-25-. The minimum Gasteiger partial charge on any atom is -0.462 e. The molecule has 6 nitrogen and oxygen atoms in total. The Morgan fingerprint density at radius 1 is 0.356 bits per heavy atom. The lowest BCUT2D eigenvalue weighted by Crippen LogP contribution is -2.30. The average molecular weight is 819 g/mol.